The van der Waals surface area contributed by atoms with Gasteiger partial charge in [0.1, 0.15) is 18.2 Å². The van der Waals surface area contributed by atoms with Gasteiger partial charge in [-0.3, -0.25) is 0 Å². The van der Waals surface area contributed by atoms with Crippen LogP contribution in [0.1, 0.15) is 5.56 Å². The molecule has 3 aromatic rings. The Bertz CT molecular complexity index is 1000. The van der Waals surface area contributed by atoms with Crippen molar-refractivity contribution in [2.75, 3.05) is 20.3 Å². The van der Waals surface area contributed by atoms with Crippen molar-refractivity contribution in [3.05, 3.63) is 78.0 Å². The third-order valence-electron chi connectivity index (χ3n) is 3.97. The van der Waals surface area contributed by atoms with Gasteiger partial charge in [0.15, 0.2) is 0 Å². The molecule has 0 saturated heterocycles. The minimum Gasteiger partial charge on any atom is -0.459 e. The minimum atomic E-state index is -0.689. The molecule has 28 heavy (non-hydrogen) atoms. The van der Waals surface area contributed by atoms with E-state index >= 15 is 0 Å². The van der Waals surface area contributed by atoms with Crippen LogP contribution in [0.2, 0.25) is 0 Å². The van der Waals surface area contributed by atoms with Crippen molar-refractivity contribution in [1.29, 1.82) is 5.26 Å². The molecule has 0 saturated carbocycles. The molecule has 0 aliphatic rings. The first kappa shape index (κ1) is 19.1. The Morgan fingerprint density at radius 1 is 1.11 bits per heavy atom. The second-order valence-electron chi connectivity index (χ2n) is 5.88. The van der Waals surface area contributed by atoms with E-state index in [0.717, 1.165) is 11.3 Å². The first-order valence-corrected chi connectivity index (χ1v) is 8.71. The molecule has 0 radical (unpaired) electrons. The number of rotatable bonds is 7. The van der Waals surface area contributed by atoms with Gasteiger partial charge in [0, 0.05) is 24.4 Å². The fourth-order valence-corrected chi connectivity index (χ4v) is 2.61. The van der Waals surface area contributed by atoms with Gasteiger partial charge in [-0.15, -0.1) is 0 Å². The highest BCUT2D eigenvalue weighted by atomic mass is 16.6. The van der Waals surface area contributed by atoms with Crippen LogP contribution < -0.4 is 0 Å². The molecular formula is C22H19N3O3. The van der Waals surface area contributed by atoms with Gasteiger partial charge in [-0.1, -0.05) is 48.5 Å². The number of benzene rings is 2. The molecule has 140 valence electrons. The number of para-hydroxylation sites is 1. The fourth-order valence-electron chi connectivity index (χ4n) is 2.61. The summed E-state index contributed by atoms with van der Waals surface area (Å²) in [5, 5.41) is 14.1. The molecule has 0 N–H and O–H groups in total. The number of hydrogen-bond donors (Lipinski definition) is 0. The highest BCUT2D eigenvalue weighted by Gasteiger charge is 2.15. The molecule has 2 aromatic carbocycles. The monoisotopic (exact) mass is 373 g/mol. The highest BCUT2D eigenvalue weighted by Crippen LogP contribution is 2.25. The predicted octanol–water partition coefficient (Wildman–Crippen LogP) is 3.64. The maximum atomic E-state index is 12.2. The molecule has 0 unspecified atom stereocenters. The standard InChI is InChI=1S/C22H19N3O3/c1-27-12-13-28-22(26)18(15-23)14-19-16-25(20-10-6-3-7-11-20)24-21(19)17-8-4-2-5-9-17/h2-11,14,16H,12-13H2,1H3/b18-14+. The van der Waals surface area contributed by atoms with Gasteiger partial charge in [0.05, 0.1) is 18.0 Å². The Labute approximate surface area is 163 Å². The second kappa shape index (κ2) is 9.31. The maximum Gasteiger partial charge on any atom is 0.348 e. The Hall–Kier alpha value is -3.69. The van der Waals surface area contributed by atoms with E-state index in [1.165, 1.54) is 13.2 Å². The maximum absolute atomic E-state index is 12.2. The quantitative estimate of drug-likeness (QED) is 0.273. The lowest BCUT2D eigenvalue weighted by Crippen LogP contribution is -2.11. The summed E-state index contributed by atoms with van der Waals surface area (Å²) in [5.74, 6) is -0.689. The smallest absolute Gasteiger partial charge is 0.348 e. The molecule has 0 amide bonds. The van der Waals surface area contributed by atoms with E-state index in [-0.39, 0.29) is 18.8 Å². The van der Waals surface area contributed by atoms with Crippen molar-refractivity contribution in [2.45, 2.75) is 0 Å². The van der Waals surface area contributed by atoms with Gasteiger partial charge in [0.25, 0.3) is 0 Å². The second-order valence-corrected chi connectivity index (χ2v) is 5.88. The van der Waals surface area contributed by atoms with Crippen molar-refractivity contribution in [1.82, 2.24) is 9.78 Å². The molecule has 0 atom stereocenters. The number of nitriles is 1. The molecule has 1 aromatic heterocycles. The third-order valence-corrected chi connectivity index (χ3v) is 3.97. The highest BCUT2D eigenvalue weighted by molar-refractivity contribution is 5.98. The largest absolute Gasteiger partial charge is 0.459 e. The van der Waals surface area contributed by atoms with E-state index in [9.17, 15) is 10.1 Å². The van der Waals surface area contributed by atoms with E-state index in [4.69, 9.17) is 9.47 Å². The lowest BCUT2D eigenvalue weighted by atomic mass is 10.1. The van der Waals surface area contributed by atoms with E-state index in [2.05, 4.69) is 5.10 Å². The lowest BCUT2D eigenvalue weighted by Gasteiger charge is -2.03. The van der Waals surface area contributed by atoms with Crippen molar-refractivity contribution in [3.8, 4) is 23.0 Å². The van der Waals surface area contributed by atoms with Crippen LogP contribution in [0.25, 0.3) is 23.0 Å². The molecule has 0 aliphatic heterocycles. The molecule has 0 bridgehead atoms. The average molecular weight is 373 g/mol. The van der Waals surface area contributed by atoms with Crippen molar-refractivity contribution in [2.24, 2.45) is 0 Å². The molecule has 6 nitrogen and oxygen atoms in total. The van der Waals surface area contributed by atoms with E-state index < -0.39 is 5.97 Å². The van der Waals surface area contributed by atoms with Gasteiger partial charge in [-0.25, -0.2) is 9.48 Å². The Kier molecular flexibility index (Phi) is 6.34. The van der Waals surface area contributed by atoms with E-state index in [1.54, 1.807) is 10.9 Å². The summed E-state index contributed by atoms with van der Waals surface area (Å²) in [4.78, 5) is 12.2. The van der Waals surface area contributed by atoms with Crippen molar-refractivity contribution >= 4 is 12.0 Å². The Morgan fingerprint density at radius 2 is 1.79 bits per heavy atom. The predicted molar refractivity (Wildman–Crippen MR) is 105 cm³/mol. The zero-order chi connectivity index (χ0) is 19.8. The summed E-state index contributed by atoms with van der Waals surface area (Å²) in [6.07, 6.45) is 3.29. The van der Waals surface area contributed by atoms with E-state index in [0.29, 0.717) is 11.3 Å². The number of carbonyl (C=O) groups is 1. The molecule has 1 heterocycles. The normalized spacial score (nSPS) is 11.1. The van der Waals surface area contributed by atoms with Crippen LogP contribution in [0.4, 0.5) is 0 Å². The van der Waals surface area contributed by atoms with Crippen LogP contribution in [-0.4, -0.2) is 36.1 Å². The van der Waals surface area contributed by atoms with Gasteiger partial charge >= 0.3 is 5.97 Å². The number of hydrogen-bond acceptors (Lipinski definition) is 5. The Morgan fingerprint density at radius 3 is 2.43 bits per heavy atom. The number of aromatic nitrogens is 2. The Balaban J connectivity index is 2.02. The molecule has 0 spiro atoms. The summed E-state index contributed by atoms with van der Waals surface area (Å²) < 4.78 is 11.6. The third kappa shape index (κ3) is 4.53. The zero-order valence-corrected chi connectivity index (χ0v) is 15.4. The van der Waals surface area contributed by atoms with Gasteiger partial charge in [0.2, 0.25) is 0 Å². The van der Waals surface area contributed by atoms with Crippen LogP contribution in [0, 0.1) is 11.3 Å². The summed E-state index contributed by atoms with van der Waals surface area (Å²) in [5.41, 5.74) is 2.98. The number of ether oxygens (including phenoxy) is 2. The van der Waals surface area contributed by atoms with Gasteiger partial charge in [-0.2, -0.15) is 10.4 Å². The number of esters is 1. The SMILES string of the molecule is COCCOC(=O)/C(C#N)=C/c1cn(-c2ccccc2)nc1-c1ccccc1. The molecular weight excluding hydrogens is 354 g/mol. The summed E-state index contributed by atoms with van der Waals surface area (Å²) in [6.45, 7) is 0.356. The lowest BCUT2D eigenvalue weighted by molar-refractivity contribution is -0.139. The van der Waals surface area contributed by atoms with Crippen LogP contribution in [0.3, 0.4) is 0 Å². The summed E-state index contributed by atoms with van der Waals surface area (Å²) >= 11 is 0. The number of nitrogens with zero attached hydrogens (tertiary/aromatic N) is 3. The van der Waals surface area contributed by atoms with Crippen LogP contribution in [0.5, 0.6) is 0 Å². The zero-order valence-electron chi connectivity index (χ0n) is 15.4. The summed E-state index contributed by atoms with van der Waals surface area (Å²) in [6, 6.07) is 21.1. The van der Waals surface area contributed by atoms with Gasteiger partial charge in [-0.05, 0) is 18.2 Å². The van der Waals surface area contributed by atoms with Crippen molar-refractivity contribution in [3.63, 3.8) is 0 Å². The van der Waals surface area contributed by atoms with Crippen LogP contribution in [-0.2, 0) is 14.3 Å². The minimum absolute atomic E-state index is 0.0865. The topological polar surface area (TPSA) is 77.1 Å². The number of carbonyl (C=O) groups excluding carboxylic acids is 1. The van der Waals surface area contributed by atoms with Crippen LogP contribution in [0.15, 0.2) is 72.4 Å². The van der Waals surface area contributed by atoms with Crippen molar-refractivity contribution < 1.29 is 14.3 Å². The first-order chi connectivity index (χ1) is 13.7. The molecule has 3 rings (SSSR count). The van der Waals surface area contributed by atoms with Gasteiger partial charge < -0.3 is 9.47 Å². The number of methoxy groups -OCH3 is 1. The molecule has 6 heteroatoms. The van der Waals surface area contributed by atoms with E-state index in [1.807, 2.05) is 66.7 Å². The first-order valence-electron chi connectivity index (χ1n) is 8.71. The van der Waals surface area contributed by atoms with Crippen LogP contribution >= 0.6 is 0 Å². The fraction of sp³-hybridized carbons (Fsp3) is 0.136. The summed E-state index contributed by atoms with van der Waals surface area (Å²) in [7, 11) is 1.51. The molecule has 0 aliphatic carbocycles. The average Bonchev–Trinajstić information content (AvgIpc) is 3.17. The molecule has 0 fully saturated rings.